The minimum Gasteiger partial charge on any atom is -0.338 e. The summed E-state index contributed by atoms with van der Waals surface area (Å²) in [5, 5.41) is 0. The number of halogens is 1. The fraction of sp³-hybridized carbons (Fsp3) is 0.692. The van der Waals surface area contributed by atoms with Crippen LogP contribution in [0, 0.1) is 0 Å². The van der Waals surface area contributed by atoms with Gasteiger partial charge in [-0.2, -0.15) is 0 Å². The average Bonchev–Trinajstić information content (AvgIpc) is 3.23. The number of anilines is 1. The van der Waals surface area contributed by atoms with Crippen LogP contribution in [0.4, 0.5) is 5.95 Å². The molecule has 1 aliphatic carbocycles. The smallest absolute Gasteiger partial charge is 0.225 e. The summed E-state index contributed by atoms with van der Waals surface area (Å²) in [6, 6.07) is 0. The Bertz CT molecular complexity index is 425. The average molecular weight is 267 g/mol. The molecule has 98 valence electrons. The van der Waals surface area contributed by atoms with E-state index in [2.05, 4.69) is 21.8 Å². The van der Waals surface area contributed by atoms with Crippen LogP contribution >= 0.6 is 11.6 Å². The molecule has 1 aromatic heterocycles. The van der Waals surface area contributed by atoms with Crippen molar-refractivity contribution in [3.8, 4) is 0 Å². The molecule has 0 aromatic carbocycles. The third kappa shape index (κ3) is 2.45. The maximum absolute atomic E-state index is 5.96. The number of hydrogen-bond donors (Lipinski definition) is 0. The van der Waals surface area contributed by atoms with Crippen LogP contribution < -0.4 is 4.90 Å². The van der Waals surface area contributed by atoms with E-state index in [4.69, 9.17) is 16.6 Å². The molecule has 1 aliphatic heterocycles. The number of rotatable bonds is 3. The lowest BCUT2D eigenvalue weighted by Gasteiger charge is -2.32. The zero-order valence-corrected chi connectivity index (χ0v) is 11.5. The van der Waals surface area contributed by atoms with E-state index < -0.39 is 0 Å². The molecule has 5 heteroatoms. The van der Waals surface area contributed by atoms with Gasteiger partial charge < -0.3 is 9.80 Å². The second-order valence-corrected chi connectivity index (χ2v) is 5.55. The second kappa shape index (κ2) is 5.02. The van der Waals surface area contributed by atoms with Crippen molar-refractivity contribution < 1.29 is 0 Å². The summed E-state index contributed by atoms with van der Waals surface area (Å²) in [5.41, 5.74) is 2.30. The Morgan fingerprint density at radius 1 is 1.28 bits per heavy atom. The van der Waals surface area contributed by atoms with Crippen molar-refractivity contribution in [3.05, 3.63) is 17.5 Å². The van der Waals surface area contributed by atoms with E-state index in [1.807, 2.05) is 6.20 Å². The number of alkyl halides is 1. The van der Waals surface area contributed by atoms with Gasteiger partial charge in [-0.25, -0.2) is 9.97 Å². The number of aromatic nitrogens is 2. The summed E-state index contributed by atoms with van der Waals surface area (Å²) in [5.74, 6) is 2.04. The summed E-state index contributed by atoms with van der Waals surface area (Å²) in [6.07, 6.45) is 4.42. The van der Waals surface area contributed by atoms with Gasteiger partial charge in [0.1, 0.15) is 0 Å². The molecule has 2 fully saturated rings. The Morgan fingerprint density at radius 3 is 2.61 bits per heavy atom. The largest absolute Gasteiger partial charge is 0.338 e. The van der Waals surface area contributed by atoms with Crippen LogP contribution in [0.1, 0.15) is 30.0 Å². The lowest BCUT2D eigenvalue weighted by molar-refractivity contribution is 0.311. The molecule has 0 radical (unpaired) electrons. The molecule has 2 heterocycles. The standard InChI is InChI=1S/C13H19ClN4/c1-17-4-6-18(7-5-17)13-15-9-11(8-14)12(16-13)10-2-3-10/h9-10H,2-8H2,1H3. The first-order valence-electron chi connectivity index (χ1n) is 6.63. The molecule has 2 aliphatic rings. The highest BCUT2D eigenvalue weighted by atomic mass is 35.5. The third-order valence-electron chi connectivity index (χ3n) is 3.78. The second-order valence-electron chi connectivity index (χ2n) is 5.28. The van der Waals surface area contributed by atoms with Gasteiger partial charge in [0.25, 0.3) is 0 Å². The van der Waals surface area contributed by atoms with E-state index in [0.717, 1.165) is 37.7 Å². The number of likely N-dealkylation sites (N-methyl/N-ethyl adjacent to an activating group) is 1. The van der Waals surface area contributed by atoms with Gasteiger partial charge in [0.15, 0.2) is 0 Å². The topological polar surface area (TPSA) is 32.3 Å². The van der Waals surface area contributed by atoms with Gasteiger partial charge in [-0.1, -0.05) is 0 Å². The molecule has 1 saturated carbocycles. The van der Waals surface area contributed by atoms with Crippen LogP contribution in [-0.2, 0) is 5.88 Å². The maximum atomic E-state index is 5.96. The van der Waals surface area contributed by atoms with E-state index in [-0.39, 0.29) is 0 Å². The normalized spacial score (nSPS) is 21.3. The predicted octanol–water partition coefficient (Wildman–Crippen LogP) is 1.84. The minimum absolute atomic E-state index is 0.523. The Kier molecular flexibility index (Phi) is 3.39. The molecule has 0 bridgehead atoms. The highest BCUT2D eigenvalue weighted by Crippen LogP contribution is 2.41. The SMILES string of the molecule is CN1CCN(c2ncc(CCl)c(C3CC3)n2)CC1. The molecule has 1 aromatic rings. The van der Waals surface area contributed by atoms with Gasteiger partial charge in [-0.05, 0) is 19.9 Å². The Balaban J connectivity index is 1.81. The molecule has 0 atom stereocenters. The van der Waals surface area contributed by atoms with E-state index in [1.54, 1.807) is 0 Å². The minimum atomic E-state index is 0.523. The first-order chi connectivity index (χ1) is 8.78. The fourth-order valence-electron chi connectivity index (χ4n) is 2.38. The van der Waals surface area contributed by atoms with Crippen LogP contribution in [0.15, 0.2) is 6.20 Å². The van der Waals surface area contributed by atoms with Crippen molar-refractivity contribution in [1.29, 1.82) is 0 Å². The van der Waals surface area contributed by atoms with Gasteiger partial charge in [0.2, 0.25) is 5.95 Å². The summed E-state index contributed by atoms with van der Waals surface area (Å²) >= 11 is 5.96. The quantitative estimate of drug-likeness (QED) is 0.782. The predicted molar refractivity (Wildman–Crippen MR) is 73.3 cm³/mol. The summed E-state index contributed by atoms with van der Waals surface area (Å²) in [7, 11) is 2.16. The molecule has 0 N–H and O–H groups in total. The fourth-order valence-corrected chi connectivity index (χ4v) is 2.59. The summed E-state index contributed by atoms with van der Waals surface area (Å²) < 4.78 is 0. The van der Waals surface area contributed by atoms with Crippen molar-refractivity contribution in [2.75, 3.05) is 38.1 Å². The Hall–Kier alpha value is -0.870. The molecule has 0 unspecified atom stereocenters. The van der Waals surface area contributed by atoms with Crippen LogP contribution in [-0.4, -0.2) is 48.1 Å². The van der Waals surface area contributed by atoms with Crippen LogP contribution in [0.3, 0.4) is 0 Å². The number of nitrogens with zero attached hydrogens (tertiary/aromatic N) is 4. The van der Waals surface area contributed by atoms with Crippen LogP contribution in [0.5, 0.6) is 0 Å². The number of hydrogen-bond acceptors (Lipinski definition) is 4. The van der Waals surface area contributed by atoms with Crippen LogP contribution in [0.2, 0.25) is 0 Å². The molecular weight excluding hydrogens is 248 g/mol. The van der Waals surface area contributed by atoms with Crippen molar-refractivity contribution >= 4 is 17.5 Å². The van der Waals surface area contributed by atoms with Crippen molar-refractivity contribution in [2.24, 2.45) is 0 Å². The molecule has 0 spiro atoms. The van der Waals surface area contributed by atoms with Gasteiger partial charge in [-0.15, -0.1) is 11.6 Å². The van der Waals surface area contributed by atoms with Crippen LogP contribution in [0.25, 0.3) is 0 Å². The lowest BCUT2D eigenvalue weighted by atomic mass is 10.2. The monoisotopic (exact) mass is 266 g/mol. The van der Waals surface area contributed by atoms with E-state index in [1.165, 1.54) is 18.5 Å². The molecule has 1 saturated heterocycles. The van der Waals surface area contributed by atoms with Crippen molar-refractivity contribution in [2.45, 2.75) is 24.6 Å². The zero-order chi connectivity index (χ0) is 12.5. The summed E-state index contributed by atoms with van der Waals surface area (Å²) in [4.78, 5) is 13.9. The van der Waals surface area contributed by atoms with E-state index in [0.29, 0.717) is 11.8 Å². The zero-order valence-electron chi connectivity index (χ0n) is 10.8. The van der Waals surface area contributed by atoms with Gasteiger partial charge >= 0.3 is 0 Å². The molecule has 4 nitrogen and oxygen atoms in total. The highest BCUT2D eigenvalue weighted by Gasteiger charge is 2.29. The highest BCUT2D eigenvalue weighted by molar-refractivity contribution is 6.17. The number of piperazine rings is 1. The van der Waals surface area contributed by atoms with E-state index in [9.17, 15) is 0 Å². The first-order valence-corrected chi connectivity index (χ1v) is 7.16. The van der Waals surface area contributed by atoms with Crippen molar-refractivity contribution in [3.63, 3.8) is 0 Å². The molecule has 0 amide bonds. The molecule has 18 heavy (non-hydrogen) atoms. The third-order valence-corrected chi connectivity index (χ3v) is 4.07. The summed E-state index contributed by atoms with van der Waals surface area (Å²) in [6.45, 7) is 4.19. The molecular formula is C13H19ClN4. The lowest BCUT2D eigenvalue weighted by Crippen LogP contribution is -2.45. The van der Waals surface area contributed by atoms with Gasteiger partial charge in [0, 0.05) is 43.9 Å². The van der Waals surface area contributed by atoms with Gasteiger partial charge in [-0.3, -0.25) is 0 Å². The van der Waals surface area contributed by atoms with E-state index >= 15 is 0 Å². The first kappa shape index (κ1) is 12.2. The maximum Gasteiger partial charge on any atom is 0.225 e. The Labute approximate surface area is 113 Å². The van der Waals surface area contributed by atoms with Crippen molar-refractivity contribution in [1.82, 2.24) is 14.9 Å². The molecule has 3 rings (SSSR count). The Morgan fingerprint density at radius 2 is 2.00 bits per heavy atom. The van der Waals surface area contributed by atoms with Gasteiger partial charge in [0.05, 0.1) is 11.6 Å².